The molecule has 0 aliphatic heterocycles. The smallest absolute Gasteiger partial charge is 0.261 e. The Hall–Kier alpha value is -2.34. The maximum Gasteiger partial charge on any atom is 0.261 e. The molecule has 0 heterocycles. The summed E-state index contributed by atoms with van der Waals surface area (Å²) < 4.78 is 27.2. The van der Waals surface area contributed by atoms with E-state index in [1.807, 2.05) is 6.92 Å². The van der Waals surface area contributed by atoms with Gasteiger partial charge in [-0.05, 0) is 56.2 Å². The largest absolute Gasteiger partial charge is 0.326 e. The molecule has 3 rings (SSSR count). The van der Waals surface area contributed by atoms with E-state index >= 15 is 0 Å². The predicted molar refractivity (Wildman–Crippen MR) is 94.4 cm³/mol. The summed E-state index contributed by atoms with van der Waals surface area (Å²) in [6.45, 7) is 1.90. The number of anilines is 2. The van der Waals surface area contributed by atoms with Gasteiger partial charge in [0.1, 0.15) is 0 Å². The number of rotatable bonds is 5. The molecule has 0 bridgehead atoms. The van der Waals surface area contributed by atoms with Crippen LogP contribution in [0.25, 0.3) is 0 Å². The molecule has 6 heteroatoms. The average molecular weight is 344 g/mol. The minimum absolute atomic E-state index is 0.0363. The minimum Gasteiger partial charge on any atom is -0.326 e. The number of hydrogen-bond acceptors (Lipinski definition) is 3. The van der Waals surface area contributed by atoms with Crippen molar-refractivity contribution in [3.63, 3.8) is 0 Å². The Bertz CT molecular complexity index is 824. The summed E-state index contributed by atoms with van der Waals surface area (Å²) in [5.41, 5.74) is 2.13. The highest BCUT2D eigenvalue weighted by molar-refractivity contribution is 7.92. The zero-order chi connectivity index (χ0) is 17.2. The third-order valence-corrected chi connectivity index (χ3v) is 5.61. The number of benzene rings is 2. The van der Waals surface area contributed by atoms with Crippen LogP contribution in [0.1, 0.15) is 24.8 Å². The van der Waals surface area contributed by atoms with E-state index in [9.17, 15) is 13.2 Å². The monoisotopic (exact) mass is 344 g/mol. The van der Waals surface area contributed by atoms with Gasteiger partial charge in [-0.2, -0.15) is 0 Å². The van der Waals surface area contributed by atoms with E-state index < -0.39 is 10.0 Å². The summed E-state index contributed by atoms with van der Waals surface area (Å²) in [5, 5.41) is 2.86. The normalized spacial score (nSPS) is 14.7. The number of amides is 1. The van der Waals surface area contributed by atoms with Crippen LogP contribution in [0, 0.1) is 12.8 Å². The highest BCUT2D eigenvalue weighted by Gasteiger charge is 2.25. The second kappa shape index (κ2) is 6.65. The first kappa shape index (κ1) is 16.5. The van der Waals surface area contributed by atoms with Crippen LogP contribution in [0.15, 0.2) is 53.4 Å². The van der Waals surface area contributed by atoms with E-state index in [1.54, 1.807) is 48.5 Å². The molecule has 1 saturated carbocycles. The van der Waals surface area contributed by atoms with Crippen molar-refractivity contribution in [2.45, 2.75) is 31.1 Å². The Morgan fingerprint density at radius 3 is 2.08 bits per heavy atom. The van der Waals surface area contributed by atoms with E-state index in [1.165, 1.54) is 0 Å². The molecule has 24 heavy (non-hydrogen) atoms. The van der Waals surface area contributed by atoms with Gasteiger partial charge in [-0.15, -0.1) is 0 Å². The Labute approximate surface area is 142 Å². The lowest BCUT2D eigenvalue weighted by Gasteiger charge is -2.24. The molecule has 0 saturated heterocycles. The molecular formula is C18H20N2O3S. The first-order valence-corrected chi connectivity index (χ1v) is 9.43. The highest BCUT2D eigenvalue weighted by Crippen LogP contribution is 2.28. The molecule has 2 aromatic carbocycles. The van der Waals surface area contributed by atoms with Gasteiger partial charge in [0.2, 0.25) is 5.91 Å². The van der Waals surface area contributed by atoms with Gasteiger partial charge in [-0.25, -0.2) is 8.42 Å². The highest BCUT2D eigenvalue weighted by atomic mass is 32.2. The van der Waals surface area contributed by atoms with Crippen molar-refractivity contribution in [1.82, 2.24) is 0 Å². The zero-order valence-corrected chi connectivity index (χ0v) is 14.3. The van der Waals surface area contributed by atoms with Crippen molar-refractivity contribution in [3.05, 3.63) is 54.1 Å². The molecule has 0 aromatic heterocycles. The molecule has 2 N–H and O–H groups in total. The summed E-state index contributed by atoms with van der Waals surface area (Å²) in [5.74, 6) is 0.152. The van der Waals surface area contributed by atoms with Crippen LogP contribution in [-0.2, 0) is 14.8 Å². The van der Waals surface area contributed by atoms with Crippen LogP contribution in [0.4, 0.5) is 11.4 Å². The summed E-state index contributed by atoms with van der Waals surface area (Å²) in [6, 6.07) is 13.3. The molecular weight excluding hydrogens is 324 g/mol. The molecule has 2 aromatic rings. The number of aryl methyl sites for hydroxylation is 1. The lowest BCUT2D eigenvalue weighted by molar-refractivity contribution is -0.122. The Morgan fingerprint density at radius 2 is 1.54 bits per heavy atom. The summed E-state index contributed by atoms with van der Waals surface area (Å²) in [7, 11) is -3.61. The maximum atomic E-state index is 12.3. The first-order chi connectivity index (χ1) is 11.4. The first-order valence-electron chi connectivity index (χ1n) is 7.94. The fourth-order valence-corrected chi connectivity index (χ4v) is 3.53. The van der Waals surface area contributed by atoms with Crippen LogP contribution >= 0.6 is 0 Å². The fourth-order valence-electron chi connectivity index (χ4n) is 2.47. The number of carbonyl (C=O) groups excluding carboxylic acids is 1. The van der Waals surface area contributed by atoms with Crippen LogP contribution in [0.2, 0.25) is 0 Å². The van der Waals surface area contributed by atoms with Gasteiger partial charge in [0.15, 0.2) is 0 Å². The molecule has 1 amide bonds. The molecule has 0 unspecified atom stereocenters. The van der Waals surface area contributed by atoms with Gasteiger partial charge in [0.05, 0.1) is 4.90 Å². The summed E-state index contributed by atoms with van der Waals surface area (Å²) in [4.78, 5) is 12.1. The summed E-state index contributed by atoms with van der Waals surface area (Å²) >= 11 is 0. The molecule has 126 valence electrons. The van der Waals surface area contributed by atoms with Crippen molar-refractivity contribution >= 4 is 27.3 Å². The molecule has 0 spiro atoms. The van der Waals surface area contributed by atoms with Gasteiger partial charge in [0, 0.05) is 17.3 Å². The van der Waals surface area contributed by atoms with E-state index in [0.29, 0.717) is 11.4 Å². The number of nitrogens with one attached hydrogen (secondary N) is 2. The molecule has 1 aliphatic rings. The SMILES string of the molecule is Cc1ccc(S(=O)(=O)Nc2ccc(NC(=O)C3CCC3)cc2)cc1. The fraction of sp³-hybridized carbons (Fsp3) is 0.278. The number of hydrogen-bond donors (Lipinski definition) is 2. The zero-order valence-electron chi connectivity index (χ0n) is 13.5. The molecule has 1 aliphatic carbocycles. The molecule has 0 atom stereocenters. The van der Waals surface area contributed by atoms with Gasteiger partial charge in [-0.3, -0.25) is 9.52 Å². The third kappa shape index (κ3) is 3.76. The Kier molecular flexibility index (Phi) is 4.57. The van der Waals surface area contributed by atoms with Gasteiger partial charge in [0.25, 0.3) is 10.0 Å². The average Bonchev–Trinajstić information content (AvgIpc) is 2.47. The van der Waals surface area contributed by atoms with E-state index in [-0.39, 0.29) is 16.7 Å². The van der Waals surface area contributed by atoms with Gasteiger partial charge in [-0.1, -0.05) is 24.1 Å². The van der Waals surface area contributed by atoms with Crippen molar-refractivity contribution in [3.8, 4) is 0 Å². The molecule has 0 radical (unpaired) electrons. The molecule has 1 fully saturated rings. The second-order valence-corrected chi connectivity index (χ2v) is 7.80. The van der Waals surface area contributed by atoms with Gasteiger partial charge < -0.3 is 5.32 Å². The second-order valence-electron chi connectivity index (χ2n) is 6.11. The maximum absolute atomic E-state index is 12.3. The molecule has 5 nitrogen and oxygen atoms in total. The van der Waals surface area contributed by atoms with Crippen LogP contribution in [-0.4, -0.2) is 14.3 Å². The van der Waals surface area contributed by atoms with Crippen molar-refractivity contribution in [1.29, 1.82) is 0 Å². The van der Waals surface area contributed by atoms with E-state index in [2.05, 4.69) is 10.0 Å². The van der Waals surface area contributed by atoms with E-state index in [4.69, 9.17) is 0 Å². The van der Waals surface area contributed by atoms with Crippen LogP contribution in [0.5, 0.6) is 0 Å². The third-order valence-electron chi connectivity index (χ3n) is 4.21. The van der Waals surface area contributed by atoms with Crippen molar-refractivity contribution in [2.75, 3.05) is 10.0 Å². The van der Waals surface area contributed by atoms with Gasteiger partial charge >= 0.3 is 0 Å². The Balaban J connectivity index is 1.67. The van der Waals surface area contributed by atoms with Crippen LogP contribution in [0.3, 0.4) is 0 Å². The van der Waals surface area contributed by atoms with Crippen LogP contribution < -0.4 is 10.0 Å². The Morgan fingerprint density at radius 1 is 0.958 bits per heavy atom. The topological polar surface area (TPSA) is 75.3 Å². The minimum atomic E-state index is -3.61. The van der Waals surface area contributed by atoms with E-state index in [0.717, 1.165) is 24.8 Å². The summed E-state index contributed by atoms with van der Waals surface area (Å²) in [6.07, 6.45) is 3.00. The predicted octanol–water partition coefficient (Wildman–Crippen LogP) is 3.53. The van der Waals surface area contributed by atoms with Crippen molar-refractivity contribution in [2.24, 2.45) is 5.92 Å². The number of carbonyl (C=O) groups is 1. The lowest BCUT2D eigenvalue weighted by Crippen LogP contribution is -2.27. The van der Waals surface area contributed by atoms with Crippen molar-refractivity contribution < 1.29 is 13.2 Å². The number of sulfonamides is 1. The standard InChI is InChI=1S/C18H20N2O3S/c1-13-5-11-17(12-6-13)24(22,23)20-16-9-7-15(8-10-16)19-18(21)14-3-2-4-14/h5-12,14,20H,2-4H2,1H3,(H,19,21). The lowest BCUT2D eigenvalue weighted by atomic mass is 9.85. The quantitative estimate of drug-likeness (QED) is 0.871.